The molecule has 1 aliphatic rings. The fourth-order valence-electron chi connectivity index (χ4n) is 7.04. The van der Waals surface area contributed by atoms with Gasteiger partial charge >= 0.3 is 0 Å². The minimum atomic E-state index is 0.281. The third-order valence-corrected chi connectivity index (χ3v) is 9.03. The van der Waals surface area contributed by atoms with Crippen LogP contribution in [0.3, 0.4) is 0 Å². The van der Waals surface area contributed by atoms with Gasteiger partial charge in [-0.3, -0.25) is 4.57 Å². The van der Waals surface area contributed by atoms with Crippen molar-refractivity contribution in [3.63, 3.8) is 0 Å². The van der Waals surface area contributed by atoms with Crippen LogP contribution in [0, 0.1) is 0 Å². The van der Waals surface area contributed by atoms with Gasteiger partial charge in [-0.1, -0.05) is 90.5 Å². The zero-order valence-electron chi connectivity index (χ0n) is 22.2. The summed E-state index contributed by atoms with van der Waals surface area (Å²) in [4.78, 5) is 9.91. The Bertz CT molecular complexity index is 2660. The van der Waals surface area contributed by atoms with Gasteiger partial charge in [0, 0.05) is 27.1 Å². The number of para-hydroxylation sites is 1. The third kappa shape index (κ3) is 2.78. The SMILES string of the molecule is Clc1nc2oc3c(c2nc1-n1c2ccccc2c2c4ccccc4c4c(oc5ccc6ccccc6c54)c21)CCC=C3. The normalized spacial score (nSPS) is 13.5. The summed E-state index contributed by atoms with van der Waals surface area (Å²) in [6, 6.07) is 29.7. The number of allylic oxidation sites excluding steroid dienone is 1. The molecular weight excluding hydrogens is 542 g/mol. The van der Waals surface area contributed by atoms with Crippen molar-refractivity contribution in [1.29, 1.82) is 0 Å². The summed E-state index contributed by atoms with van der Waals surface area (Å²) < 4.78 is 15.0. The summed E-state index contributed by atoms with van der Waals surface area (Å²) in [6.07, 6.45) is 5.92. The minimum Gasteiger partial charge on any atom is -0.454 e. The van der Waals surface area contributed by atoms with Crippen LogP contribution in [-0.2, 0) is 6.42 Å². The Balaban J connectivity index is 1.47. The lowest BCUT2D eigenvalue weighted by Crippen LogP contribution is -2.02. The number of hydrogen-bond donors (Lipinski definition) is 0. The van der Waals surface area contributed by atoms with E-state index >= 15 is 0 Å². The molecule has 0 fully saturated rings. The summed E-state index contributed by atoms with van der Waals surface area (Å²) in [5.41, 5.74) is 5.87. The molecule has 198 valence electrons. The number of nitrogens with zero attached hydrogens (tertiary/aromatic N) is 3. The Hall–Kier alpha value is -5.13. The smallest absolute Gasteiger partial charge is 0.247 e. The first-order valence-electron chi connectivity index (χ1n) is 14.1. The molecule has 0 atom stereocenters. The van der Waals surface area contributed by atoms with Gasteiger partial charge in [-0.15, -0.1) is 0 Å². The maximum atomic E-state index is 6.98. The number of aryl methyl sites for hydroxylation is 1. The van der Waals surface area contributed by atoms with Crippen LogP contribution >= 0.6 is 11.6 Å². The second-order valence-electron chi connectivity index (χ2n) is 11.0. The van der Waals surface area contributed by atoms with E-state index in [-0.39, 0.29) is 5.15 Å². The molecule has 0 unspecified atom stereocenters. The first kappa shape index (κ1) is 22.5. The average Bonchev–Trinajstić information content (AvgIpc) is 3.70. The van der Waals surface area contributed by atoms with E-state index in [0.717, 1.165) is 84.2 Å². The summed E-state index contributed by atoms with van der Waals surface area (Å²) in [6.45, 7) is 0. The summed E-state index contributed by atoms with van der Waals surface area (Å²) in [7, 11) is 0. The van der Waals surface area contributed by atoms with Crippen LogP contribution in [0.1, 0.15) is 17.7 Å². The fourth-order valence-corrected chi connectivity index (χ4v) is 7.24. The van der Waals surface area contributed by atoms with Gasteiger partial charge in [0.1, 0.15) is 16.9 Å². The van der Waals surface area contributed by atoms with Crippen LogP contribution in [0.4, 0.5) is 0 Å². The maximum absolute atomic E-state index is 6.98. The van der Waals surface area contributed by atoms with E-state index in [0.29, 0.717) is 11.5 Å². The minimum absolute atomic E-state index is 0.281. The van der Waals surface area contributed by atoms with Crippen molar-refractivity contribution in [2.45, 2.75) is 12.8 Å². The molecule has 5 aromatic carbocycles. The second-order valence-corrected chi connectivity index (χ2v) is 11.3. The van der Waals surface area contributed by atoms with Crippen LogP contribution < -0.4 is 0 Å². The monoisotopic (exact) mass is 561 g/mol. The zero-order chi connectivity index (χ0) is 27.5. The van der Waals surface area contributed by atoms with Crippen molar-refractivity contribution in [2.75, 3.05) is 0 Å². The average molecular weight is 562 g/mol. The van der Waals surface area contributed by atoms with Gasteiger partial charge in [0.15, 0.2) is 16.6 Å². The molecule has 0 bridgehead atoms. The molecule has 0 aliphatic heterocycles. The molecule has 0 N–H and O–H groups in total. The highest BCUT2D eigenvalue weighted by molar-refractivity contribution is 6.38. The van der Waals surface area contributed by atoms with Gasteiger partial charge in [0.25, 0.3) is 0 Å². The highest BCUT2D eigenvalue weighted by Gasteiger charge is 2.27. The summed E-state index contributed by atoms with van der Waals surface area (Å²) >= 11 is 6.98. The van der Waals surface area contributed by atoms with Gasteiger partial charge in [-0.25, -0.2) is 4.98 Å². The Morgan fingerprint density at radius 3 is 2.36 bits per heavy atom. The molecule has 4 heterocycles. The highest BCUT2D eigenvalue weighted by Crippen LogP contribution is 2.47. The topological polar surface area (TPSA) is 57.0 Å². The summed E-state index contributed by atoms with van der Waals surface area (Å²) in [5, 5.41) is 9.34. The number of halogens is 1. The number of fused-ring (bicyclic) bond motifs is 15. The van der Waals surface area contributed by atoms with Gasteiger partial charge in [0.05, 0.1) is 11.0 Å². The number of rotatable bonds is 1. The third-order valence-electron chi connectivity index (χ3n) is 8.77. The molecule has 0 saturated heterocycles. The van der Waals surface area contributed by atoms with Gasteiger partial charge in [0.2, 0.25) is 5.71 Å². The van der Waals surface area contributed by atoms with Crippen molar-refractivity contribution >= 4 is 94.2 Å². The van der Waals surface area contributed by atoms with Crippen molar-refractivity contribution in [2.24, 2.45) is 0 Å². The van der Waals surface area contributed by atoms with Crippen molar-refractivity contribution < 1.29 is 8.83 Å². The van der Waals surface area contributed by atoms with Gasteiger partial charge in [-0.05, 0) is 52.6 Å². The molecule has 1 aliphatic carbocycles. The zero-order valence-corrected chi connectivity index (χ0v) is 22.9. The molecule has 0 spiro atoms. The number of furan rings is 2. The van der Waals surface area contributed by atoms with Crippen molar-refractivity contribution in [1.82, 2.24) is 14.5 Å². The summed E-state index contributed by atoms with van der Waals surface area (Å²) in [5.74, 6) is 1.37. The van der Waals surface area contributed by atoms with Crippen LogP contribution in [0.25, 0.3) is 88.4 Å². The van der Waals surface area contributed by atoms with E-state index in [4.69, 9.17) is 30.4 Å². The molecule has 5 nitrogen and oxygen atoms in total. The Morgan fingerprint density at radius 2 is 1.48 bits per heavy atom. The maximum Gasteiger partial charge on any atom is 0.247 e. The molecule has 42 heavy (non-hydrogen) atoms. The molecular formula is C36H20ClN3O2. The molecule has 0 amide bonds. The van der Waals surface area contributed by atoms with E-state index in [1.54, 1.807) is 0 Å². The van der Waals surface area contributed by atoms with Gasteiger partial charge in [-0.2, -0.15) is 4.98 Å². The van der Waals surface area contributed by atoms with Crippen LogP contribution in [0.15, 0.2) is 99.8 Å². The highest BCUT2D eigenvalue weighted by atomic mass is 35.5. The predicted octanol–water partition coefficient (Wildman–Crippen LogP) is 10.1. The predicted molar refractivity (Wildman–Crippen MR) is 171 cm³/mol. The van der Waals surface area contributed by atoms with Crippen LogP contribution in [0.5, 0.6) is 0 Å². The number of benzene rings is 5. The molecule has 0 saturated carbocycles. The largest absolute Gasteiger partial charge is 0.454 e. The van der Waals surface area contributed by atoms with Crippen molar-refractivity contribution in [3.8, 4) is 5.82 Å². The van der Waals surface area contributed by atoms with E-state index in [1.165, 1.54) is 10.8 Å². The van der Waals surface area contributed by atoms with Crippen LogP contribution in [0.2, 0.25) is 5.15 Å². The number of hydrogen-bond acceptors (Lipinski definition) is 4. The Morgan fingerprint density at radius 1 is 0.714 bits per heavy atom. The molecule has 6 heteroatoms. The second kappa shape index (κ2) is 7.99. The molecule has 0 radical (unpaired) electrons. The number of aromatic nitrogens is 3. The Labute approximate surface area is 243 Å². The molecule has 9 aromatic rings. The lowest BCUT2D eigenvalue weighted by molar-refractivity contribution is 0.583. The lowest BCUT2D eigenvalue weighted by atomic mass is 9.96. The van der Waals surface area contributed by atoms with E-state index in [1.807, 2.05) is 12.1 Å². The van der Waals surface area contributed by atoms with Crippen molar-refractivity contribution in [3.05, 3.63) is 107 Å². The van der Waals surface area contributed by atoms with E-state index in [9.17, 15) is 0 Å². The fraction of sp³-hybridized carbons (Fsp3) is 0.0556. The Kier molecular flexibility index (Phi) is 4.29. The lowest BCUT2D eigenvalue weighted by Gasteiger charge is -2.10. The first-order valence-corrected chi connectivity index (χ1v) is 14.5. The molecule has 10 rings (SSSR count). The quantitative estimate of drug-likeness (QED) is 0.200. The van der Waals surface area contributed by atoms with E-state index < -0.39 is 0 Å². The van der Waals surface area contributed by atoms with Gasteiger partial charge < -0.3 is 8.83 Å². The standard InChI is InChI=1S/C36H20ClN3O2/c37-34-35(38-31-24-14-6-8-16-26(24)42-36(31)39-34)40-25-15-7-5-13-23(25)28-21-11-3-4-12-22(21)30-29-20-10-2-1-9-19(20)17-18-27(29)41-33(30)32(28)40/h1-5,7-13,15-18H,6,14H2. The molecule has 4 aromatic heterocycles. The first-order chi connectivity index (χ1) is 20.8. The van der Waals surface area contributed by atoms with Crippen LogP contribution in [-0.4, -0.2) is 14.5 Å². The van der Waals surface area contributed by atoms with E-state index in [2.05, 4.69) is 89.5 Å².